The van der Waals surface area contributed by atoms with Crippen LogP contribution < -0.4 is 5.32 Å². The Morgan fingerprint density at radius 3 is 2.41 bits per heavy atom. The maximum Gasteiger partial charge on any atom is 0.325 e. The predicted molar refractivity (Wildman–Crippen MR) is 83.1 cm³/mol. The van der Waals surface area contributed by atoms with Crippen molar-refractivity contribution in [3.8, 4) is 0 Å². The largest absolute Gasteiger partial charge is 0.338 e. The zero-order valence-corrected chi connectivity index (χ0v) is 14.0. The van der Waals surface area contributed by atoms with Crippen LogP contribution in [0.15, 0.2) is 0 Å². The lowest BCUT2D eigenvalue weighted by Gasteiger charge is -2.26. The van der Waals surface area contributed by atoms with Crippen molar-refractivity contribution in [2.45, 2.75) is 65.0 Å². The van der Waals surface area contributed by atoms with Gasteiger partial charge in [-0.3, -0.25) is 14.5 Å². The summed E-state index contributed by atoms with van der Waals surface area (Å²) in [6.07, 6.45) is 2.98. The summed E-state index contributed by atoms with van der Waals surface area (Å²) in [7, 11) is 0. The molecule has 0 aromatic heterocycles. The van der Waals surface area contributed by atoms with Gasteiger partial charge in [0.25, 0.3) is 5.91 Å². The minimum absolute atomic E-state index is 0.122. The number of amides is 4. The monoisotopic (exact) mass is 309 g/mol. The van der Waals surface area contributed by atoms with E-state index in [2.05, 4.69) is 19.2 Å². The van der Waals surface area contributed by atoms with Crippen molar-refractivity contribution in [3.63, 3.8) is 0 Å². The first-order chi connectivity index (χ1) is 10.4. The maximum absolute atomic E-state index is 12.5. The lowest BCUT2D eigenvalue weighted by atomic mass is 9.93. The number of urea groups is 1. The summed E-state index contributed by atoms with van der Waals surface area (Å²) in [4.78, 5) is 40.1. The lowest BCUT2D eigenvalue weighted by molar-refractivity contribution is -0.139. The van der Waals surface area contributed by atoms with Gasteiger partial charge in [-0.2, -0.15) is 0 Å². The third-order valence-corrected chi connectivity index (χ3v) is 5.16. The van der Waals surface area contributed by atoms with Crippen molar-refractivity contribution < 1.29 is 14.4 Å². The number of nitrogens with one attached hydrogen (secondary N) is 1. The molecule has 2 unspecified atom stereocenters. The van der Waals surface area contributed by atoms with Crippen LogP contribution in [0.4, 0.5) is 4.79 Å². The summed E-state index contributed by atoms with van der Waals surface area (Å²) < 4.78 is 0. The Labute approximate surface area is 132 Å². The van der Waals surface area contributed by atoms with E-state index >= 15 is 0 Å². The third kappa shape index (κ3) is 2.71. The molecule has 0 aromatic carbocycles. The summed E-state index contributed by atoms with van der Waals surface area (Å²) in [6.45, 7) is 8.52. The SMILES string of the molecule is CCC1CC(C)CN1C(=O)CN1C(=O)NC(CC)(CC)C1=O. The van der Waals surface area contributed by atoms with Crippen LogP contribution in [-0.2, 0) is 9.59 Å². The van der Waals surface area contributed by atoms with E-state index in [1.807, 2.05) is 18.7 Å². The molecule has 2 atom stereocenters. The molecule has 2 fully saturated rings. The topological polar surface area (TPSA) is 69.7 Å². The molecule has 1 N–H and O–H groups in total. The van der Waals surface area contributed by atoms with E-state index in [1.54, 1.807) is 0 Å². The molecular formula is C16H27N3O3. The molecule has 2 heterocycles. The van der Waals surface area contributed by atoms with Gasteiger partial charge in [0.1, 0.15) is 12.1 Å². The van der Waals surface area contributed by atoms with Crippen molar-refractivity contribution in [3.05, 3.63) is 0 Å². The number of hydrogen-bond donors (Lipinski definition) is 1. The summed E-state index contributed by atoms with van der Waals surface area (Å²) in [5.41, 5.74) is -0.834. The van der Waals surface area contributed by atoms with Crippen molar-refractivity contribution in [2.75, 3.05) is 13.1 Å². The second-order valence-corrected chi connectivity index (χ2v) is 6.56. The minimum Gasteiger partial charge on any atom is -0.338 e. The average Bonchev–Trinajstić information content (AvgIpc) is 3.00. The van der Waals surface area contributed by atoms with Gasteiger partial charge in [-0.25, -0.2) is 4.79 Å². The van der Waals surface area contributed by atoms with Gasteiger partial charge in [-0.05, 0) is 31.6 Å². The molecule has 0 aromatic rings. The maximum atomic E-state index is 12.5. The van der Waals surface area contributed by atoms with Crippen LogP contribution in [0.5, 0.6) is 0 Å². The van der Waals surface area contributed by atoms with Crippen molar-refractivity contribution in [2.24, 2.45) is 5.92 Å². The Hall–Kier alpha value is -1.59. The first-order valence-electron chi connectivity index (χ1n) is 8.32. The molecule has 2 aliphatic rings. The number of imide groups is 1. The standard InChI is InChI=1S/C16H27N3O3/c1-5-12-8-11(4)9-18(12)13(20)10-19-14(21)16(6-2,7-3)17-15(19)22/h11-12H,5-10H2,1-4H3,(H,17,22). The fraction of sp³-hybridized carbons (Fsp3) is 0.812. The van der Waals surface area contributed by atoms with E-state index in [9.17, 15) is 14.4 Å². The van der Waals surface area contributed by atoms with Crippen LogP contribution in [-0.4, -0.2) is 52.3 Å². The van der Waals surface area contributed by atoms with E-state index in [4.69, 9.17) is 0 Å². The van der Waals surface area contributed by atoms with E-state index < -0.39 is 11.6 Å². The number of carbonyl (C=O) groups is 3. The van der Waals surface area contributed by atoms with Crippen molar-refractivity contribution in [1.82, 2.24) is 15.1 Å². The van der Waals surface area contributed by atoms with Gasteiger partial charge in [0.2, 0.25) is 5.91 Å². The van der Waals surface area contributed by atoms with E-state index in [-0.39, 0.29) is 24.4 Å². The highest BCUT2D eigenvalue weighted by molar-refractivity contribution is 6.09. The van der Waals surface area contributed by atoms with Gasteiger partial charge < -0.3 is 10.2 Å². The Kier molecular flexibility index (Phi) is 4.78. The summed E-state index contributed by atoms with van der Waals surface area (Å²) in [5.74, 6) is 0.0845. The highest BCUT2D eigenvalue weighted by atomic mass is 16.2. The number of carbonyl (C=O) groups excluding carboxylic acids is 3. The van der Waals surface area contributed by atoms with E-state index in [0.717, 1.165) is 17.7 Å². The second kappa shape index (κ2) is 6.26. The molecule has 6 nitrogen and oxygen atoms in total. The van der Waals surface area contributed by atoms with Gasteiger partial charge in [-0.15, -0.1) is 0 Å². The van der Waals surface area contributed by atoms with Crippen LogP contribution in [0.3, 0.4) is 0 Å². The van der Waals surface area contributed by atoms with Crippen molar-refractivity contribution >= 4 is 17.8 Å². The Balaban J connectivity index is 2.09. The fourth-order valence-corrected chi connectivity index (χ4v) is 3.62. The summed E-state index contributed by atoms with van der Waals surface area (Å²) >= 11 is 0. The molecule has 22 heavy (non-hydrogen) atoms. The Bertz CT molecular complexity index is 473. The molecule has 124 valence electrons. The molecule has 6 heteroatoms. The average molecular weight is 309 g/mol. The van der Waals surface area contributed by atoms with Crippen LogP contribution >= 0.6 is 0 Å². The van der Waals surface area contributed by atoms with E-state index in [0.29, 0.717) is 25.3 Å². The molecule has 2 rings (SSSR count). The van der Waals surface area contributed by atoms with Crippen LogP contribution in [0.2, 0.25) is 0 Å². The van der Waals surface area contributed by atoms with Gasteiger partial charge in [0.05, 0.1) is 0 Å². The molecule has 0 saturated carbocycles. The molecule has 4 amide bonds. The van der Waals surface area contributed by atoms with Crippen LogP contribution in [0.25, 0.3) is 0 Å². The summed E-state index contributed by atoms with van der Waals surface area (Å²) in [5, 5.41) is 2.76. The molecular weight excluding hydrogens is 282 g/mol. The lowest BCUT2D eigenvalue weighted by Crippen LogP contribution is -2.47. The van der Waals surface area contributed by atoms with Crippen molar-refractivity contribution in [1.29, 1.82) is 0 Å². The minimum atomic E-state index is -0.834. The highest BCUT2D eigenvalue weighted by Crippen LogP contribution is 2.27. The first kappa shape index (κ1) is 16.8. The second-order valence-electron chi connectivity index (χ2n) is 6.56. The molecule has 0 aliphatic carbocycles. The predicted octanol–water partition coefficient (Wildman–Crippen LogP) is 1.74. The molecule has 0 spiro atoms. The van der Waals surface area contributed by atoms with Gasteiger partial charge in [0.15, 0.2) is 0 Å². The third-order valence-electron chi connectivity index (χ3n) is 5.16. The van der Waals surface area contributed by atoms with Gasteiger partial charge >= 0.3 is 6.03 Å². The Morgan fingerprint density at radius 1 is 1.27 bits per heavy atom. The normalized spacial score (nSPS) is 27.5. The van der Waals surface area contributed by atoms with Gasteiger partial charge in [0, 0.05) is 12.6 Å². The highest BCUT2D eigenvalue weighted by Gasteiger charge is 2.49. The number of hydrogen-bond acceptors (Lipinski definition) is 3. The Morgan fingerprint density at radius 2 is 1.91 bits per heavy atom. The van der Waals surface area contributed by atoms with Crippen LogP contribution in [0.1, 0.15) is 53.4 Å². The zero-order chi connectivity index (χ0) is 16.5. The number of rotatable bonds is 5. The zero-order valence-electron chi connectivity index (χ0n) is 14.0. The molecule has 0 bridgehead atoms. The van der Waals surface area contributed by atoms with E-state index in [1.165, 1.54) is 0 Å². The molecule has 2 saturated heterocycles. The smallest absolute Gasteiger partial charge is 0.325 e. The summed E-state index contributed by atoms with van der Waals surface area (Å²) in [6, 6.07) is -0.215. The number of nitrogens with zero attached hydrogens (tertiary/aromatic N) is 2. The molecule has 0 radical (unpaired) electrons. The number of likely N-dealkylation sites (tertiary alicyclic amines) is 1. The molecule has 2 aliphatic heterocycles. The fourth-order valence-electron chi connectivity index (χ4n) is 3.62. The first-order valence-corrected chi connectivity index (χ1v) is 8.32. The van der Waals surface area contributed by atoms with Crippen LogP contribution in [0, 0.1) is 5.92 Å². The van der Waals surface area contributed by atoms with Gasteiger partial charge in [-0.1, -0.05) is 27.7 Å². The quantitative estimate of drug-likeness (QED) is 0.787.